The topological polar surface area (TPSA) is 15.7 Å². The van der Waals surface area contributed by atoms with Crippen molar-refractivity contribution in [3.05, 3.63) is 24.3 Å². The molecule has 2 saturated heterocycles. The lowest BCUT2D eigenvalue weighted by molar-refractivity contribution is -0.274. The maximum atomic E-state index is 12.2. The van der Waals surface area contributed by atoms with Crippen molar-refractivity contribution in [3.63, 3.8) is 0 Å². The van der Waals surface area contributed by atoms with Crippen LogP contribution in [0.1, 0.15) is 19.3 Å². The van der Waals surface area contributed by atoms with Gasteiger partial charge in [-0.05, 0) is 50.6 Å². The molecule has 2 unspecified atom stereocenters. The number of ether oxygens (including phenoxy) is 1. The van der Waals surface area contributed by atoms with E-state index in [2.05, 4.69) is 21.6 Å². The first-order chi connectivity index (χ1) is 9.92. The summed E-state index contributed by atoms with van der Waals surface area (Å²) in [5.41, 5.74) is 0.963. The van der Waals surface area contributed by atoms with E-state index in [0.29, 0.717) is 12.1 Å². The Bertz CT molecular complexity index is 489. The molecule has 3 rings (SSSR count). The van der Waals surface area contributed by atoms with Crippen molar-refractivity contribution in [1.29, 1.82) is 0 Å². The van der Waals surface area contributed by atoms with Gasteiger partial charge >= 0.3 is 6.36 Å². The highest BCUT2D eigenvalue weighted by Gasteiger charge is 2.35. The van der Waals surface area contributed by atoms with E-state index >= 15 is 0 Å². The summed E-state index contributed by atoms with van der Waals surface area (Å²) in [6.07, 6.45) is -1.07. The van der Waals surface area contributed by atoms with Gasteiger partial charge in [0, 0.05) is 30.9 Å². The van der Waals surface area contributed by atoms with Gasteiger partial charge in [-0.25, -0.2) is 0 Å². The number of likely N-dealkylation sites (N-methyl/N-ethyl adjacent to an activating group) is 1. The Labute approximate surface area is 122 Å². The van der Waals surface area contributed by atoms with Gasteiger partial charge in [-0.3, -0.25) is 4.90 Å². The zero-order chi connectivity index (χ0) is 15.0. The first-order valence-corrected chi connectivity index (χ1v) is 7.25. The molecule has 0 radical (unpaired) electrons. The van der Waals surface area contributed by atoms with Crippen molar-refractivity contribution in [2.24, 2.45) is 0 Å². The molecule has 3 nitrogen and oxygen atoms in total. The van der Waals surface area contributed by atoms with E-state index in [4.69, 9.17) is 0 Å². The van der Waals surface area contributed by atoms with Crippen LogP contribution in [0.3, 0.4) is 0 Å². The van der Waals surface area contributed by atoms with Crippen LogP contribution < -0.4 is 9.64 Å². The minimum absolute atomic E-state index is 0.167. The van der Waals surface area contributed by atoms with Crippen LogP contribution in [0.25, 0.3) is 0 Å². The van der Waals surface area contributed by atoms with Crippen molar-refractivity contribution >= 4 is 5.69 Å². The number of anilines is 1. The molecule has 116 valence electrons. The van der Waals surface area contributed by atoms with Crippen LogP contribution in [0.4, 0.5) is 18.9 Å². The fourth-order valence-electron chi connectivity index (χ4n) is 3.40. The Morgan fingerprint density at radius 2 is 1.71 bits per heavy atom. The van der Waals surface area contributed by atoms with E-state index in [9.17, 15) is 13.2 Å². The largest absolute Gasteiger partial charge is 0.573 e. The number of halogens is 3. The Kier molecular flexibility index (Phi) is 3.73. The van der Waals surface area contributed by atoms with Crippen LogP contribution in [0.15, 0.2) is 24.3 Å². The third-order valence-electron chi connectivity index (χ3n) is 4.58. The highest BCUT2D eigenvalue weighted by atomic mass is 19.4. The maximum absolute atomic E-state index is 12.2. The summed E-state index contributed by atoms with van der Waals surface area (Å²) in [6, 6.07) is 7.38. The molecule has 2 heterocycles. The lowest BCUT2D eigenvalue weighted by Gasteiger charge is -2.27. The van der Waals surface area contributed by atoms with Gasteiger partial charge in [0.1, 0.15) is 5.75 Å². The molecule has 0 N–H and O–H groups in total. The number of hydrogen-bond donors (Lipinski definition) is 0. The average Bonchev–Trinajstić information content (AvgIpc) is 2.63. The van der Waals surface area contributed by atoms with Crippen LogP contribution in [0.5, 0.6) is 5.75 Å². The van der Waals surface area contributed by atoms with E-state index in [0.717, 1.165) is 25.2 Å². The second-order valence-electron chi connectivity index (χ2n) is 5.83. The molecular formula is C15H19F3N2O. The van der Waals surface area contributed by atoms with E-state index in [-0.39, 0.29) is 5.75 Å². The molecule has 2 fully saturated rings. The number of alkyl halides is 3. The van der Waals surface area contributed by atoms with Crippen molar-refractivity contribution in [1.82, 2.24) is 4.90 Å². The predicted octanol–water partition coefficient (Wildman–Crippen LogP) is 3.26. The smallest absolute Gasteiger partial charge is 0.406 e. The summed E-state index contributed by atoms with van der Waals surface area (Å²) >= 11 is 0. The third-order valence-corrected chi connectivity index (χ3v) is 4.58. The Hall–Kier alpha value is -1.43. The van der Waals surface area contributed by atoms with Crippen LogP contribution >= 0.6 is 0 Å². The van der Waals surface area contributed by atoms with Crippen molar-refractivity contribution in [3.8, 4) is 5.75 Å². The van der Waals surface area contributed by atoms with Gasteiger partial charge in [0.15, 0.2) is 0 Å². The lowest BCUT2D eigenvalue weighted by atomic mass is 10.1. The Balaban J connectivity index is 1.69. The quantitative estimate of drug-likeness (QED) is 0.834. The molecule has 2 bridgehead atoms. The summed E-state index contributed by atoms with van der Waals surface area (Å²) in [5.74, 6) is -0.167. The predicted molar refractivity (Wildman–Crippen MR) is 74.5 cm³/mol. The zero-order valence-electron chi connectivity index (χ0n) is 11.9. The standard InChI is InChI=1S/C15H19F3N2O/c1-19-11-2-3-13(19)10-20(9-8-11)12-4-6-14(7-5-12)21-15(16,17)18/h4-7,11,13H,2-3,8-10H2,1H3. The van der Waals surface area contributed by atoms with Crippen molar-refractivity contribution in [2.45, 2.75) is 37.7 Å². The first-order valence-electron chi connectivity index (χ1n) is 7.25. The van der Waals surface area contributed by atoms with Crippen LogP contribution in [0, 0.1) is 0 Å². The Morgan fingerprint density at radius 1 is 1.05 bits per heavy atom. The molecule has 2 aliphatic rings. The molecule has 2 atom stereocenters. The molecule has 2 aliphatic heterocycles. The van der Waals surface area contributed by atoms with Gasteiger partial charge in [0.2, 0.25) is 0 Å². The molecule has 0 spiro atoms. The first kappa shape index (κ1) is 14.5. The third kappa shape index (κ3) is 3.26. The molecule has 0 amide bonds. The number of rotatable bonds is 2. The number of hydrogen-bond acceptors (Lipinski definition) is 3. The average molecular weight is 300 g/mol. The van der Waals surface area contributed by atoms with E-state index in [1.807, 2.05) is 0 Å². The monoisotopic (exact) mass is 300 g/mol. The van der Waals surface area contributed by atoms with Gasteiger partial charge in [-0.1, -0.05) is 0 Å². The molecular weight excluding hydrogens is 281 g/mol. The van der Waals surface area contributed by atoms with Crippen molar-refractivity contribution in [2.75, 3.05) is 25.0 Å². The van der Waals surface area contributed by atoms with E-state index < -0.39 is 6.36 Å². The molecule has 1 aromatic carbocycles. The van der Waals surface area contributed by atoms with Crippen LogP contribution in [0.2, 0.25) is 0 Å². The SMILES string of the molecule is CN1C2CCC1CN(c1ccc(OC(F)(F)F)cc1)CC2. The molecule has 0 aliphatic carbocycles. The summed E-state index contributed by atoms with van der Waals surface area (Å²) in [6.45, 7) is 1.89. The molecule has 0 saturated carbocycles. The molecule has 21 heavy (non-hydrogen) atoms. The maximum Gasteiger partial charge on any atom is 0.573 e. The normalized spacial score (nSPS) is 26.8. The van der Waals surface area contributed by atoms with Gasteiger partial charge in [0.25, 0.3) is 0 Å². The highest BCUT2D eigenvalue weighted by molar-refractivity contribution is 5.49. The number of benzene rings is 1. The number of nitrogens with zero attached hydrogens (tertiary/aromatic N) is 2. The summed E-state index contributed by atoms with van der Waals surface area (Å²) in [5, 5.41) is 0. The second-order valence-corrected chi connectivity index (χ2v) is 5.83. The molecule has 6 heteroatoms. The van der Waals surface area contributed by atoms with Gasteiger partial charge in [-0.15, -0.1) is 13.2 Å². The van der Waals surface area contributed by atoms with Crippen molar-refractivity contribution < 1.29 is 17.9 Å². The van der Waals surface area contributed by atoms with Gasteiger partial charge < -0.3 is 9.64 Å². The summed E-state index contributed by atoms with van der Waals surface area (Å²) < 4.78 is 40.4. The van der Waals surface area contributed by atoms with Gasteiger partial charge in [0.05, 0.1) is 0 Å². The lowest BCUT2D eigenvalue weighted by Crippen LogP contribution is -2.36. The zero-order valence-corrected chi connectivity index (χ0v) is 11.9. The van der Waals surface area contributed by atoms with Gasteiger partial charge in [-0.2, -0.15) is 0 Å². The fraction of sp³-hybridized carbons (Fsp3) is 0.600. The summed E-state index contributed by atoms with van der Waals surface area (Å²) in [7, 11) is 2.17. The highest BCUT2D eigenvalue weighted by Crippen LogP contribution is 2.31. The van der Waals surface area contributed by atoms with Crippen LogP contribution in [-0.4, -0.2) is 43.5 Å². The molecule has 1 aromatic rings. The fourth-order valence-corrected chi connectivity index (χ4v) is 3.40. The minimum Gasteiger partial charge on any atom is -0.406 e. The summed E-state index contributed by atoms with van der Waals surface area (Å²) in [4.78, 5) is 4.71. The second kappa shape index (κ2) is 5.40. The van der Waals surface area contributed by atoms with Crippen LogP contribution in [-0.2, 0) is 0 Å². The van der Waals surface area contributed by atoms with E-state index in [1.54, 1.807) is 12.1 Å². The Morgan fingerprint density at radius 3 is 2.38 bits per heavy atom. The molecule has 0 aromatic heterocycles. The van der Waals surface area contributed by atoms with E-state index in [1.165, 1.54) is 25.0 Å². The minimum atomic E-state index is -4.63. The number of fused-ring (bicyclic) bond motifs is 2.